The average molecular weight is 210 g/mol. The molecule has 0 saturated heterocycles. The van der Waals surface area contributed by atoms with Gasteiger partial charge in [0.1, 0.15) is 5.82 Å². The first kappa shape index (κ1) is 9.62. The van der Waals surface area contributed by atoms with Crippen LogP contribution in [0.1, 0.15) is 18.1 Å². The van der Waals surface area contributed by atoms with Gasteiger partial charge in [-0.15, -0.1) is 11.3 Å². The maximum atomic E-state index is 13.5. The Balaban J connectivity index is 2.81. The van der Waals surface area contributed by atoms with Gasteiger partial charge in [-0.25, -0.2) is 4.39 Å². The standard InChI is InChI=1S/C11H11FOS/c1-2-8-10(12)5-7(6-13)9-3-4-14-11(8)9/h3-5,13H,2,6H2,1H3. The van der Waals surface area contributed by atoms with Crippen LogP contribution in [0, 0.1) is 5.82 Å². The lowest BCUT2D eigenvalue weighted by atomic mass is 10.0. The van der Waals surface area contributed by atoms with Crippen LogP contribution in [0.3, 0.4) is 0 Å². The Kier molecular flexibility index (Phi) is 2.52. The van der Waals surface area contributed by atoms with Crippen LogP contribution in [0.2, 0.25) is 0 Å². The summed E-state index contributed by atoms with van der Waals surface area (Å²) in [4.78, 5) is 0. The molecule has 0 radical (unpaired) electrons. The van der Waals surface area contributed by atoms with Crippen molar-refractivity contribution in [1.29, 1.82) is 0 Å². The van der Waals surface area contributed by atoms with Crippen LogP contribution in [0.5, 0.6) is 0 Å². The van der Waals surface area contributed by atoms with E-state index in [1.54, 1.807) is 0 Å². The second-order valence-corrected chi connectivity index (χ2v) is 4.09. The summed E-state index contributed by atoms with van der Waals surface area (Å²) in [5.41, 5.74) is 1.43. The van der Waals surface area contributed by atoms with Crippen LogP contribution in [0.4, 0.5) is 4.39 Å². The third-order valence-electron chi connectivity index (χ3n) is 2.40. The van der Waals surface area contributed by atoms with E-state index in [1.807, 2.05) is 18.4 Å². The van der Waals surface area contributed by atoms with E-state index in [-0.39, 0.29) is 12.4 Å². The van der Waals surface area contributed by atoms with E-state index in [9.17, 15) is 4.39 Å². The molecule has 3 heteroatoms. The Morgan fingerprint density at radius 1 is 1.50 bits per heavy atom. The molecule has 0 amide bonds. The van der Waals surface area contributed by atoms with E-state index >= 15 is 0 Å². The molecule has 0 aliphatic rings. The van der Waals surface area contributed by atoms with Gasteiger partial charge in [0.2, 0.25) is 0 Å². The van der Waals surface area contributed by atoms with Gasteiger partial charge in [-0.2, -0.15) is 0 Å². The summed E-state index contributed by atoms with van der Waals surface area (Å²) < 4.78 is 14.5. The zero-order valence-electron chi connectivity index (χ0n) is 7.88. The van der Waals surface area contributed by atoms with E-state index in [0.717, 1.165) is 15.6 Å². The Bertz CT molecular complexity index is 462. The molecule has 0 spiro atoms. The van der Waals surface area contributed by atoms with Gasteiger partial charge in [-0.3, -0.25) is 0 Å². The van der Waals surface area contributed by atoms with Crippen LogP contribution in [0.15, 0.2) is 17.5 Å². The quantitative estimate of drug-likeness (QED) is 0.807. The molecule has 2 rings (SSSR count). The van der Waals surface area contributed by atoms with Crippen LogP contribution in [0.25, 0.3) is 10.1 Å². The van der Waals surface area contributed by atoms with Crippen molar-refractivity contribution in [2.45, 2.75) is 20.0 Å². The monoisotopic (exact) mass is 210 g/mol. The second kappa shape index (κ2) is 3.67. The SMILES string of the molecule is CCc1c(F)cc(CO)c2ccsc12. The first-order chi connectivity index (χ1) is 6.77. The summed E-state index contributed by atoms with van der Waals surface area (Å²) in [5.74, 6) is -0.202. The van der Waals surface area contributed by atoms with Gasteiger partial charge in [-0.1, -0.05) is 6.92 Å². The van der Waals surface area contributed by atoms with Gasteiger partial charge < -0.3 is 5.11 Å². The van der Waals surface area contributed by atoms with Crippen LogP contribution in [-0.2, 0) is 13.0 Å². The molecule has 74 valence electrons. The highest BCUT2D eigenvalue weighted by Crippen LogP contribution is 2.30. The van der Waals surface area contributed by atoms with Crippen LogP contribution in [-0.4, -0.2) is 5.11 Å². The minimum atomic E-state index is -0.202. The molecule has 2 aromatic rings. The van der Waals surface area contributed by atoms with Gasteiger partial charge in [0, 0.05) is 10.3 Å². The maximum absolute atomic E-state index is 13.5. The van der Waals surface area contributed by atoms with E-state index in [1.165, 1.54) is 17.4 Å². The van der Waals surface area contributed by atoms with E-state index in [4.69, 9.17) is 5.11 Å². The molecule has 0 aliphatic heterocycles. The topological polar surface area (TPSA) is 20.2 Å². The number of thiophene rings is 1. The molecule has 0 aliphatic carbocycles. The number of halogens is 1. The molecule has 1 aromatic carbocycles. The van der Waals surface area contributed by atoms with Crippen LogP contribution < -0.4 is 0 Å². The fraction of sp³-hybridized carbons (Fsp3) is 0.273. The first-order valence-electron chi connectivity index (χ1n) is 4.56. The number of hydrogen-bond donors (Lipinski definition) is 1. The van der Waals surface area contributed by atoms with Crippen molar-refractivity contribution < 1.29 is 9.50 Å². The summed E-state index contributed by atoms with van der Waals surface area (Å²) in [7, 11) is 0. The molecular weight excluding hydrogens is 199 g/mol. The zero-order valence-corrected chi connectivity index (χ0v) is 8.70. The minimum absolute atomic E-state index is 0.103. The number of aryl methyl sites for hydroxylation is 1. The second-order valence-electron chi connectivity index (χ2n) is 3.17. The van der Waals surface area contributed by atoms with Gasteiger partial charge in [0.15, 0.2) is 0 Å². The van der Waals surface area contributed by atoms with Crippen molar-refractivity contribution in [2.75, 3.05) is 0 Å². The van der Waals surface area contributed by atoms with Crippen molar-refractivity contribution in [1.82, 2.24) is 0 Å². The third-order valence-corrected chi connectivity index (χ3v) is 3.37. The molecule has 0 unspecified atom stereocenters. The predicted molar refractivity (Wildman–Crippen MR) is 57.1 cm³/mol. The van der Waals surface area contributed by atoms with Crippen molar-refractivity contribution >= 4 is 21.4 Å². The highest BCUT2D eigenvalue weighted by molar-refractivity contribution is 7.17. The number of benzene rings is 1. The van der Waals surface area contributed by atoms with Crippen LogP contribution >= 0.6 is 11.3 Å². The number of hydrogen-bond acceptors (Lipinski definition) is 2. The molecule has 1 heterocycles. The Morgan fingerprint density at radius 3 is 2.93 bits per heavy atom. The average Bonchev–Trinajstić information content (AvgIpc) is 2.65. The summed E-state index contributed by atoms with van der Waals surface area (Å²) in [6.45, 7) is 1.84. The van der Waals surface area contributed by atoms with Gasteiger partial charge in [-0.05, 0) is 34.9 Å². The fourth-order valence-corrected chi connectivity index (χ4v) is 2.73. The van der Waals surface area contributed by atoms with Gasteiger partial charge >= 0.3 is 0 Å². The third kappa shape index (κ3) is 1.33. The van der Waals surface area contributed by atoms with E-state index < -0.39 is 0 Å². The maximum Gasteiger partial charge on any atom is 0.128 e. The smallest absolute Gasteiger partial charge is 0.128 e. The summed E-state index contributed by atoms with van der Waals surface area (Å²) >= 11 is 1.53. The predicted octanol–water partition coefficient (Wildman–Crippen LogP) is 3.10. The molecule has 0 fully saturated rings. The van der Waals surface area contributed by atoms with Gasteiger partial charge in [0.05, 0.1) is 6.61 Å². The summed E-state index contributed by atoms with van der Waals surface area (Å²) in [6, 6.07) is 3.37. The molecule has 1 aromatic heterocycles. The van der Waals surface area contributed by atoms with E-state index in [0.29, 0.717) is 12.0 Å². The lowest BCUT2D eigenvalue weighted by Crippen LogP contribution is -1.92. The Hall–Kier alpha value is -0.930. The van der Waals surface area contributed by atoms with Crippen molar-refractivity contribution in [3.8, 4) is 0 Å². The molecule has 1 nitrogen and oxygen atoms in total. The number of rotatable bonds is 2. The summed E-state index contributed by atoms with van der Waals surface area (Å²) in [5, 5.41) is 12.0. The number of aliphatic hydroxyl groups is 1. The molecule has 0 bridgehead atoms. The zero-order chi connectivity index (χ0) is 10.1. The molecule has 0 atom stereocenters. The minimum Gasteiger partial charge on any atom is -0.392 e. The Labute approximate surface area is 85.8 Å². The van der Waals surface area contributed by atoms with E-state index in [2.05, 4.69) is 0 Å². The Morgan fingerprint density at radius 2 is 2.29 bits per heavy atom. The molecule has 0 saturated carbocycles. The highest BCUT2D eigenvalue weighted by atomic mass is 32.1. The molecule has 1 N–H and O–H groups in total. The normalized spacial score (nSPS) is 11.1. The summed E-state index contributed by atoms with van der Waals surface area (Å²) in [6.07, 6.45) is 0.689. The largest absolute Gasteiger partial charge is 0.392 e. The fourth-order valence-electron chi connectivity index (χ4n) is 1.68. The van der Waals surface area contributed by atoms with Crippen molar-refractivity contribution in [3.05, 3.63) is 34.5 Å². The highest BCUT2D eigenvalue weighted by Gasteiger charge is 2.11. The molecule has 14 heavy (non-hydrogen) atoms. The van der Waals surface area contributed by atoms with Crippen molar-refractivity contribution in [3.63, 3.8) is 0 Å². The van der Waals surface area contributed by atoms with Crippen molar-refractivity contribution in [2.24, 2.45) is 0 Å². The number of aliphatic hydroxyl groups excluding tert-OH is 1. The van der Waals surface area contributed by atoms with Gasteiger partial charge in [0.25, 0.3) is 0 Å². The number of fused-ring (bicyclic) bond motifs is 1. The lowest BCUT2D eigenvalue weighted by Gasteiger charge is -2.05. The molecular formula is C11H11FOS. The lowest BCUT2D eigenvalue weighted by molar-refractivity contribution is 0.283. The first-order valence-corrected chi connectivity index (χ1v) is 5.44.